The molecule has 0 aromatic heterocycles. The third-order valence-corrected chi connectivity index (χ3v) is 5.13. The van der Waals surface area contributed by atoms with Gasteiger partial charge in [-0.15, -0.1) is 0 Å². The second-order valence-electron chi connectivity index (χ2n) is 7.30. The first kappa shape index (κ1) is 21.0. The lowest BCUT2D eigenvalue weighted by Crippen LogP contribution is -2.31. The molecule has 0 amide bonds. The van der Waals surface area contributed by atoms with Gasteiger partial charge in [0.1, 0.15) is 6.10 Å². The molecule has 24 heavy (non-hydrogen) atoms. The van der Waals surface area contributed by atoms with Crippen LogP contribution in [-0.4, -0.2) is 23.1 Å². The van der Waals surface area contributed by atoms with Crippen LogP contribution in [0.2, 0.25) is 0 Å². The van der Waals surface area contributed by atoms with Crippen molar-refractivity contribution in [2.75, 3.05) is 0 Å². The molecule has 0 spiro atoms. The first-order chi connectivity index (χ1) is 11.6. The molecule has 1 rings (SSSR count). The summed E-state index contributed by atoms with van der Waals surface area (Å²) in [6.07, 6.45) is 13.1. The molecule has 0 saturated heterocycles. The Bertz CT molecular complexity index is 367. The molecule has 1 aliphatic carbocycles. The third-order valence-electron chi connectivity index (χ3n) is 5.13. The lowest BCUT2D eigenvalue weighted by molar-refractivity contribution is -0.157. The predicted octanol–water partition coefficient (Wildman–Crippen LogP) is 5.34. The van der Waals surface area contributed by atoms with E-state index in [1.54, 1.807) is 0 Å². The number of ether oxygens (including phenoxy) is 1. The number of aliphatic carboxylic acids is 1. The van der Waals surface area contributed by atoms with Crippen LogP contribution in [0.3, 0.4) is 0 Å². The molecule has 0 heterocycles. The van der Waals surface area contributed by atoms with Crippen molar-refractivity contribution in [1.29, 1.82) is 0 Å². The van der Waals surface area contributed by atoms with Gasteiger partial charge in [-0.25, -0.2) is 0 Å². The fourth-order valence-corrected chi connectivity index (χ4v) is 3.63. The van der Waals surface area contributed by atoms with Crippen molar-refractivity contribution >= 4 is 11.9 Å². The molecular weight excluding hydrogens is 304 g/mol. The van der Waals surface area contributed by atoms with Gasteiger partial charge in [-0.1, -0.05) is 58.8 Å². The third kappa shape index (κ3) is 8.16. The Labute approximate surface area is 147 Å². The van der Waals surface area contributed by atoms with Crippen LogP contribution in [0.4, 0.5) is 0 Å². The van der Waals surface area contributed by atoms with Crippen molar-refractivity contribution in [2.24, 2.45) is 11.8 Å². The SMILES string of the molecule is CCCCCCCCC(CCC)OC(=O)C1CCCC(C(=O)O)C1. The maximum Gasteiger partial charge on any atom is 0.309 e. The van der Waals surface area contributed by atoms with E-state index in [4.69, 9.17) is 9.84 Å². The summed E-state index contributed by atoms with van der Waals surface area (Å²) < 4.78 is 5.75. The van der Waals surface area contributed by atoms with E-state index in [9.17, 15) is 9.59 Å². The molecule has 140 valence electrons. The second-order valence-corrected chi connectivity index (χ2v) is 7.30. The summed E-state index contributed by atoms with van der Waals surface area (Å²) in [4.78, 5) is 23.6. The molecule has 0 bridgehead atoms. The van der Waals surface area contributed by atoms with E-state index in [0.29, 0.717) is 12.8 Å². The van der Waals surface area contributed by atoms with Gasteiger partial charge < -0.3 is 9.84 Å². The van der Waals surface area contributed by atoms with Crippen LogP contribution >= 0.6 is 0 Å². The summed E-state index contributed by atoms with van der Waals surface area (Å²) in [7, 11) is 0. The summed E-state index contributed by atoms with van der Waals surface area (Å²) >= 11 is 0. The van der Waals surface area contributed by atoms with E-state index in [-0.39, 0.29) is 23.9 Å². The molecule has 1 fully saturated rings. The molecule has 0 aromatic rings. The monoisotopic (exact) mass is 340 g/mol. The molecule has 1 saturated carbocycles. The molecule has 3 unspecified atom stereocenters. The Morgan fingerprint density at radius 1 is 0.958 bits per heavy atom. The first-order valence-electron chi connectivity index (χ1n) is 10.0. The van der Waals surface area contributed by atoms with Crippen LogP contribution in [0.1, 0.15) is 97.3 Å². The number of hydrogen-bond acceptors (Lipinski definition) is 3. The Hall–Kier alpha value is -1.06. The van der Waals surface area contributed by atoms with Crippen molar-refractivity contribution in [2.45, 2.75) is 103 Å². The summed E-state index contributed by atoms with van der Waals surface area (Å²) in [6, 6.07) is 0. The molecule has 4 nitrogen and oxygen atoms in total. The minimum absolute atomic E-state index is 0.0129. The molecule has 1 aliphatic rings. The summed E-state index contributed by atoms with van der Waals surface area (Å²) in [5.74, 6) is -1.53. The molecule has 1 N–H and O–H groups in total. The lowest BCUT2D eigenvalue weighted by atomic mass is 9.81. The van der Waals surface area contributed by atoms with Gasteiger partial charge in [0, 0.05) is 0 Å². The van der Waals surface area contributed by atoms with Crippen molar-refractivity contribution in [3.8, 4) is 0 Å². The lowest BCUT2D eigenvalue weighted by Gasteiger charge is -2.27. The number of esters is 1. The Kier molecular flexibility index (Phi) is 10.8. The smallest absolute Gasteiger partial charge is 0.309 e. The van der Waals surface area contributed by atoms with E-state index in [1.807, 2.05) is 0 Å². The zero-order valence-electron chi connectivity index (χ0n) is 15.6. The second kappa shape index (κ2) is 12.3. The van der Waals surface area contributed by atoms with Crippen LogP contribution in [0, 0.1) is 11.8 Å². The van der Waals surface area contributed by atoms with Crippen LogP contribution in [-0.2, 0) is 14.3 Å². The Morgan fingerprint density at radius 3 is 2.29 bits per heavy atom. The number of unbranched alkanes of at least 4 members (excludes halogenated alkanes) is 5. The van der Waals surface area contributed by atoms with Crippen molar-refractivity contribution in [1.82, 2.24) is 0 Å². The van der Waals surface area contributed by atoms with Crippen LogP contribution in [0.5, 0.6) is 0 Å². The Morgan fingerprint density at radius 2 is 1.62 bits per heavy atom. The number of carbonyl (C=O) groups is 2. The maximum atomic E-state index is 12.4. The number of hydrogen-bond donors (Lipinski definition) is 1. The van der Waals surface area contributed by atoms with Crippen LogP contribution in [0.25, 0.3) is 0 Å². The minimum atomic E-state index is -0.773. The first-order valence-corrected chi connectivity index (χ1v) is 10.0. The van der Waals surface area contributed by atoms with Gasteiger partial charge in [-0.05, 0) is 38.5 Å². The topological polar surface area (TPSA) is 63.6 Å². The number of carboxylic acid groups (broad SMARTS) is 1. The van der Waals surface area contributed by atoms with Gasteiger partial charge in [0.05, 0.1) is 11.8 Å². The van der Waals surface area contributed by atoms with Crippen molar-refractivity contribution in [3.05, 3.63) is 0 Å². The van der Waals surface area contributed by atoms with Crippen LogP contribution in [0.15, 0.2) is 0 Å². The predicted molar refractivity (Wildman–Crippen MR) is 95.9 cm³/mol. The molecule has 3 atom stereocenters. The van der Waals surface area contributed by atoms with Crippen LogP contribution < -0.4 is 0 Å². The normalized spacial score (nSPS) is 22.1. The summed E-state index contributed by atoms with van der Waals surface area (Å²) in [6.45, 7) is 4.33. The van der Waals surface area contributed by atoms with E-state index < -0.39 is 5.97 Å². The average molecular weight is 341 g/mol. The van der Waals surface area contributed by atoms with Gasteiger partial charge in [-0.2, -0.15) is 0 Å². The highest BCUT2D eigenvalue weighted by atomic mass is 16.5. The number of rotatable bonds is 12. The number of carbonyl (C=O) groups excluding carboxylic acids is 1. The molecule has 4 heteroatoms. The van der Waals surface area contributed by atoms with E-state index in [0.717, 1.165) is 38.5 Å². The van der Waals surface area contributed by atoms with Gasteiger partial charge in [0.25, 0.3) is 0 Å². The van der Waals surface area contributed by atoms with E-state index in [2.05, 4.69) is 13.8 Å². The maximum absolute atomic E-state index is 12.4. The van der Waals surface area contributed by atoms with Gasteiger partial charge in [0.2, 0.25) is 0 Å². The standard InChI is InChI=1S/C20H36O4/c1-3-5-6-7-8-9-14-18(11-4-2)24-20(23)17-13-10-12-16(15-17)19(21)22/h16-18H,3-15H2,1-2H3,(H,21,22). The molecule has 0 aliphatic heterocycles. The zero-order chi connectivity index (χ0) is 17.8. The van der Waals surface area contributed by atoms with Crippen molar-refractivity contribution < 1.29 is 19.4 Å². The highest BCUT2D eigenvalue weighted by molar-refractivity contribution is 5.75. The largest absolute Gasteiger partial charge is 0.481 e. The Balaban J connectivity index is 2.34. The highest BCUT2D eigenvalue weighted by Gasteiger charge is 2.32. The minimum Gasteiger partial charge on any atom is -0.481 e. The summed E-state index contributed by atoms with van der Waals surface area (Å²) in [5, 5.41) is 9.16. The molecular formula is C20H36O4. The fourth-order valence-electron chi connectivity index (χ4n) is 3.63. The number of carboxylic acids is 1. The summed E-state index contributed by atoms with van der Waals surface area (Å²) in [5.41, 5.74) is 0. The van der Waals surface area contributed by atoms with Crippen molar-refractivity contribution in [3.63, 3.8) is 0 Å². The van der Waals surface area contributed by atoms with Gasteiger partial charge >= 0.3 is 11.9 Å². The van der Waals surface area contributed by atoms with Gasteiger partial charge in [-0.3, -0.25) is 9.59 Å². The average Bonchev–Trinajstić information content (AvgIpc) is 2.58. The molecule has 0 aromatic carbocycles. The van der Waals surface area contributed by atoms with E-state index in [1.165, 1.54) is 32.1 Å². The fraction of sp³-hybridized carbons (Fsp3) is 0.900. The zero-order valence-corrected chi connectivity index (χ0v) is 15.6. The van der Waals surface area contributed by atoms with E-state index >= 15 is 0 Å². The van der Waals surface area contributed by atoms with Gasteiger partial charge in [0.15, 0.2) is 0 Å². The highest BCUT2D eigenvalue weighted by Crippen LogP contribution is 2.31. The quantitative estimate of drug-likeness (QED) is 0.385. The molecule has 0 radical (unpaired) electrons.